The molecule has 1 aromatic rings. The van der Waals surface area contributed by atoms with Crippen molar-refractivity contribution in [3.63, 3.8) is 0 Å². The fourth-order valence-corrected chi connectivity index (χ4v) is 4.41. The van der Waals surface area contributed by atoms with Gasteiger partial charge in [0.1, 0.15) is 11.9 Å². The number of aliphatic carboxylic acids is 1. The van der Waals surface area contributed by atoms with E-state index in [1.165, 1.54) is 0 Å². The van der Waals surface area contributed by atoms with Gasteiger partial charge in [-0.3, -0.25) is 4.79 Å². The fourth-order valence-electron chi connectivity index (χ4n) is 2.72. The molecule has 0 amide bonds. The lowest BCUT2D eigenvalue weighted by Gasteiger charge is -2.23. The maximum atomic E-state index is 12.8. The Labute approximate surface area is 109 Å². The molecule has 1 aliphatic heterocycles. The SMILES string of the molecule is O=C(O)[C@@H]1[C@@H]2C[C@@H]2CN1S(=O)(=O)c1ccc(F)cc1. The number of hydrogen-bond donors (Lipinski definition) is 1. The molecule has 1 saturated heterocycles. The van der Waals surface area contributed by atoms with Gasteiger partial charge < -0.3 is 5.11 Å². The van der Waals surface area contributed by atoms with E-state index >= 15 is 0 Å². The van der Waals surface area contributed by atoms with Gasteiger partial charge in [-0.1, -0.05) is 0 Å². The number of hydrogen-bond acceptors (Lipinski definition) is 3. The molecule has 0 radical (unpaired) electrons. The van der Waals surface area contributed by atoms with Crippen LogP contribution in [0, 0.1) is 17.7 Å². The van der Waals surface area contributed by atoms with Crippen molar-refractivity contribution >= 4 is 16.0 Å². The molecule has 3 rings (SSSR count). The fraction of sp³-hybridized carbons (Fsp3) is 0.417. The van der Waals surface area contributed by atoms with Gasteiger partial charge in [0.05, 0.1) is 4.90 Å². The number of carbonyl (C=O) groups is 1. The molecule has 1 heterocycles. The Hall–Kier alpha value is -1.47. The Morgan fingerprint density at radius 2 is 1.95 bits per heavy atom. The quantitative estimate of drug-likeness (QED) is 0.896. The van der Waals surface area contributed by atoms with Crippen LogP contribution in [0.4, 0.5) is 4.39 Å². The first-order chi connectivity index (χ1) is 8.91. The minimum absolute atomic E-state index is 0.0681. The molecule has 2 fully saturated rings. The molecule has 1 N–H and O–H groups in total. The van der Waals surface area contributed by atoms with E-state index in [-0.39, 0.29) is 23.3 Å². The third-order valence-electron chi connectivity index (χ3n) is 3.78. The first-order valence-electron chi connectivity index (χ1n) is 5.91. The Morgan fingerprint density at radius 3 is 2.53 bits per heavy atom. The van der Waals surface area contributed by atoms with Crippen LogP contribution in [0.2, 0.25) is 0 Å². The van der Waals surface area contributed by atoms with Crippen molar-refractivity contribution in [1.29, 1.82) is 0 Å². The molecular formula is C12H12FNO4S. The Morgan fingerprint density at radius 1 is 1.32 bits per heavy atom. The van der Waals surface area contributed by atoms with E-state index in [1.54, 1.807) is 0 Å². The summed E-state index contributed by atoms with van der Waals surface area (Å²) in [5, 5.41) is 9.17. The van der Waals surface area contributed by atoms with Gasteiger partial charge in [-0.2, -0.15) is 4.31 Å². The molecule has 0 bridgehead atoms. The van der Waals surface area contributed by atoms with E-state index in [4.69, 9.17) is 5.11 Å². The molecule has 7 heteroatoms. The monoisotopic (exact) mass is 285 g/mol. The number of carboxylic acids is 1. The van der Waals surface area contributed by atoms with Crippen LogP contribution in [-0.4, -0.2) is 36.4 Å². The van der Waals surface area contributed by atoms with Crippen LogP contribution >= 0.6 is 0 Å². The molecule has 1 aromatic carbocycles. The van der Waals surface area contributed by atoms with Gasteiger partial charge in [0.25, 0.3) is 0 Å². The van der Waals surface area contributed by atoms with Gasteiger partial charge in [0.15, 0.2) is 0 Å². The average molecular weight is 285 g/mol. The summed E-state index contributed by atoms with van der Waals surface area (Å²) in [6.45, 7) is 0.237. The van der Waals surface area contributed by atoms with Crippen molar-refractivity contribution < 1.29 is 22.7 Å². The average Bonchev–Trinajstić information content (AvgIpc) is 2.99. The normalized spacial score (nSPS) is 30.1. The standard InChI is InChI=1S/C12H12FNO4S/c13-8-1-3-9(4-2-8)19(17,18)14-6-7-5-10(7)11(14)12(15)16/h1-4,7,10-11H,5-6H2,(H,15,16)/t7-,10-,11+/m1/s1. The Balaban J connectivity index is 1.96. The van der Waals surface area contributed by atoms with Crippen LogP contribution in [0.5, 0.6) is 0 Å². The molecule has 0 unspecified atom stereocenters. The summed E-state index contributed by atoms with van der Waals surface area (Å²) in [6, 6.07) is 3.44. The highest BCUT2D eigenvalue weighted by Crippen LogP contribution is 2.51. The molecular weight excluding hydrogens is 273 g/mol. The largest absolute Gasteiger partial charge is 0.480 e. The molecule has 19 heavy (non-hydrogen) atoms. The lowest BCUT2D eigenvalue weighted by Crippen LogP contribution is -2.43. The Bertz CT molecular complexity index is 628. The van der Waals surface area contributed by atoms with Gasteiger partial charge in [-0.15, -0.1) is 0 Å². The predicted octanol–water partition coefficient (Wildman–Crippen LogP) is 0.919. The summed E-state index contributed by atoms with van der Waals surface area (Å²) in [5.74, 6) is -1.57. The second-order valence-electron chi connectivity index (χ2n) is 4.97. The third kappa shape index (κ3) is 1.93. The number of nitrogens with zero attached hydrogens (tertiary/aromatic N) is 1. The summed E-state index contributed by atoms with van der Waals surface area (Å²) in [6.07, 6.45) is 0.770. The highest BCUT2D eigenvalue weighted by molar-refractivity contribution is 7.89. The summed E-state index contributed by atoms with van der Waals surface area (Å²) in [5.41, 5.74) is 0. The molecule has 2 aliphatic rings. The van der Waals surface area contributed by atoms with Gasteiger partial charge in [0.2, 0.25) is 10.0 Å². The van der Waals surface area contributed by atoms with E-state index in [9.17, 15) is 17.6 Å². The van der Waals surface area contributed by atoms with Gasteiger partial charge >= 0.3 is 5.97 Å². The Kier molecular flexibility index (Phi) is 2.65. The molecule has 102 valence electrons. The van der Waals surface area contributed by atoms with Gasteiger partial charge in [-0.25, -0.2) is 12.8 Å². The van der Waals surface area contributed by atoms with E-state index in [2.05, 4.69) is 0 Å². The minimum atomic E-state index is -3.87. The van der Waals surface area contributed by atoms with Crippen molar-refractivity contribution in [1.82, 2.24) is 4.31 Å². The van der Waals surface area contributed by atoms with Crippen LogP contribution in [-0.2, 0) is 14.8 Å². The van der Waals surface area contributed by atoms with Crippen molar-refractivity contribution in [3.8, 4) is 0 Å². The molecule has 5 nitrogen and oxygen atoms in total. The smallest absolute Gasteiger partial charge is 0.322 e. The first kappa shape index (κ1) is 12.6. The number of rotatable bonds is 3. The van der Waals surface area contributed by atoms with Crippen molar-refractivity contribution in [3.05, 3.63) is 30.1 Å². The molecule has 0 spiro atoms. The lowest BCUT2D eigenvalue weighted by atomic mass is 10.2. The van der Waals surface area contributed by atoms with Crippen LogP contribution in [0.15, 0.2) is 29.2 Å². The van der Waals surface area contributed by atoms with Crippen LogP contribution < -0.4 is 0 Å². The number of halogens is 1. The number of carboxylic acid groups (broad SMARTS) is 1. The highest BCUT2D eigenvalue weighted by Gasteiger charge is 2.59. The number of piperidine rings is 1. The highest BCUT2D eigenvalue weighted by atomic mass is 32.2. The van der Waals surface area contributed by atoms with E-state index in [1.807, 2.05) is 0 Å². The predicted molar refractivity (Wildman–Crippen MR) is 63.3 cm³/mol. The second kappa shape index (κ2) is 4.01. The maximum absolute atomic E-state index is 12.8. The van der Waals surface area contributed by atoms with Gasteiger partial charge in [0, 0.05) is 6.54 Å². The minimum Gasteiger partial charge on any atom is -0.480 e. The van der Waals surface area contributed by atoms with Crippen LogP contribution in [0.1, 0.15) is 6.42 Å². The summed E-state index contributed by atoms with van der Waals surface area (Å²) in [4.78, 5) is 11.1. The zero-order valence-electron chi connectivity index (χ0n) is 9.86. The van der Waals surface area contributed by atoms with E-state index in [0.29, 0.717) is 0 Å². The van der Waals surface area contributed by atoms with Crippen molar-refractivity contribution in [2.24, 2.45) is 11.8 Å². The molecule has 0 aromatic heterocycles. The van der Waals surface area contributed by atoms with Crippen LogP contribution in [0.3, 0.4) is 0 Å². The van der Waals surface area contributed by atoms with Crippen molar-refractivity contribution in [2.45, 2.75) is 17.4 Å². The zero-order valence-corrected chi connectivity index (χ0v) is 10.7. The van der Waals surface area contributed by atoms with Crippen LogP contribution in [0.25, 0.3) is 0 Å². The number of fused-ring (bicyclic) bond motifs is 1. The molecule has 3 atom stereocenters. The zero-order chi connectivity index (χ0) is 13.8. The maximum Gasteiger partial charge on any atom is 0.322 e. The van der Waals surface area contributed by atoms with E-state index in [0.717, 1.165) is 35.0 Å². The number of benzene rings is 1. The second-order valence-corrected chi connectivity index (χ2v) is 6.86. The molecule has 1 saturated carbocycles. The van der Waals surface area contributed by atoms with E-state index < -0.39 is 27.9 Å². The topological polar surface area (TPSA) is 74.7 Å². The summed E-state index contributed by atoms with van der Waals surface area (Å²) < 4.78 is 38.6. The summed E-state index contributed by atoms with van der Waals surface area (Å²) in [7, 11) is -3.87. The van der Waals surface area contributed by atoms with Gasteiger partial charge in [-0.05, 0) is 42.5 Å². The number of sulfonamides is 1. The molecule has 1 aliphatic carbocycles. The first-order valence-corrected chi connectivity index (χ1v) is 7.35. The lowest BCUT2D eigenvalue weighted by molar-refractivity contribution is -0.141. The van der Waals surface area contributed by atoms with Crippen molar-refractivity contribution in [2.75, 3.05) is 6.54 Å². The summed E-state index contributed by atoms with van der Waals surface area (Å²) >= 11 is 0. The third-order valence-corrected chi connectivity index (χ3v) is 5.64.